The Hall–Kier alpha value is -1.87. The summed E-state index contributed by atoms with van der Waals surface area (Å²) >= 11 is 0.788. The first-order valence-corrected chi connectivity index (χ1v) is 7.36. The first-order valence-electron chi connectivity index (χ1n) is 6.59. The quantitative estimate of drug-likeness (QED) is 0.191. The molecule has 0 fully saturated rings. The summed E-state index contributed by atoms with van der Waals surface area (Å²) < 4.78 is 1.16. The Balaban J connectivity index is 2.65. The number of amides is 4. The molecule has 0 saturated heterocycles. The van der Waals surface area contributed by atoms with Crippen LogP contribution in [0.4, 0.5) is 0 Å². The average molecular weight is 314 g/mol. The summed E-state index contributed by atoms with van der Waals surface area (Å²) in [7, 11) is 0. The highest BCUT2D eigenvalue weighted by Crippen LogP contribution is 2.24. The minimum absolute atomic E-state index is 0.0936. The van der Waals surface area contributed by atoms with Gasteiger partial charge in [0.1, 0.15) is 0 Å². The molecule has 0 aromatic heterocycles. The zero-order valence-electron chi connectivity index (χ0n) is 11.9. The second-order valence-electron chi connectivity index (χ2n) is 4.21. The molecule has 4 amide bonds. The predicted octanol–water partition coefficient (Wildman–Crippen LogP) is -0.556. The highest BCUT2D eigenvalue weighted by molar-refractivity contribution is 8.02. The molecule has 0 saturated carbocycles. The Morgan fingerprint density at radius 1 is 1.29 bits per heavy atom. The fraction of sp³-hybridized carbons (Fsp3) is 0.500. The molecule has 3 N–H and O–H groups in total. The molecule has 1 aliphatic heterocycles. The molecule has 0 unspecified atom stereocenters. The van der Waals surface area contributed by atoms with Gasteiger partial charge in [0, 0.05) is 19.2 Å². The van der Waals surface area contributed by atoms with Crippen molar-refractivity contribution < 1.29 is 19.2 Å². The van der Waals surface area contributed by atoms with Crippen LogP contribution in [0.2, 0.25) is 0 Å². The van der Waals surface area contributed by atoms with E-state index < -0.39 is 23.6 Å². The predicted molar refractivity (Wildman–Crippen MR) is 77.3 cm³/mol. The average Bonchev–Trinajstić information content (AvgIpc) is 2.75. The summed E-state index contributed by atoms with van der Waals surface area (Å²) in [5.41, 5.74) is 4.90. The molecule has 9 heteroatoms. The summed E-state index contributed by atoms with van der Waals surface area (Å²) in [5, 5.41) is 2.08. The summed E-state index contributed by atoms with van der Waals surface area (Å²) in [6, 6.07) is 0. The molecule has 1 aliphatic rings. The topological polar surface area (TPSA) is 108 Å². The lowest BCUT2D eigenvalue weighted by atomic mass is 10.4. The first kappa shape index (κ1) is 17.2. The van der Waals surface area contributed by atoms with Gasteiger partial charge in [0.2, 0.25) is 0 Å². The minimum atomic E-state index is -0.810. The smallest absolute Gasteiger partial charge is 0.288 e. The van der Waals surface area contributed by atoms with Gasteiger partial charge in [-0.05, 0) is 24.8 Å². The standard InChI is InChI=1S/C12H18N4O4S/c1-3-5-13-15-11(19)12(20)16(6-4-2)21-8-7-9(17)14-10(8)18/h7,13H,3-6H2,1-2H3,(H,15,19)(H,14,17,18). The fourth-order valence-electron chi connectivity index (χ4n) is 1.41. The molecule has 0 spiro atoms. The maximum absolute atomic E-state index is 12.0. The second kappa shape index (κ2) is 8.42. The van der Waals surface area contributed by atoms with Crippen molar-refractivity contribution in [2.45, 2.75) is 26.7 Å². The van der Waals surface area contributed by atoms with Crippen LogP contribution in [0.1, 0.15) is 26.7 Å². The van der Waals surface area contributed by atoms with Crippen molar-refractivity contribution in [2.75, 3.05) is 13.1 Å². The molecule has 1 heterocycles. The van der Waals surface area contributed by atoms with Crippen LogP contribution >= 0.6 is 11.9 Å². The molecule has 8 nitrogen and oxygen atoms in total. The fourth-order valence-corrected chi connectivity index (χ4v) is 2.38. The largest absolute Gasteiger partial charge is 0.324 e. The van der Waals surface area contributed by atoms with Crippen molar-refractivity contribution in [1.29, 1.82) is 0 Å². The van der Waals surface area contributed by atoms with Crippen molar-refractivity contribution >= 4 is 35.6 Å². The van der Waals surface area contributed by atoms with Gasteiger partial charge in [0.05, 0.1) is 4.91 Å². The van der Waals surface area contributed by atoms with Gasteiger partial charge in [-0.25, -0.2) is 5.43 Å². The monoisotopic (exact) mass is 314 g/mol. The van der Waals surface area contributed by atoms with Crippen molar-refractivity contribution in [2.24, 2.45) is 0 Å². The van der Waals surface area contributed by atoms with E-state index in [0.717, 1.165) is 28.7 Å². The van der Waals surface area contributed by atoms with E-state index in [9.17, 15) is 19.2 Å². The Kier molecular flexibility index (Phi) is 6.89. The van der Waals surface area contributed by atoms with E-state index in [-0.39, 0.29) is 11.4 Å². The van der Waals surface area contributed by atoms with Gasteiger partial charge in [0.15, 0.2) is 0 Å². The van der Waals surface area contributed by atoms with Gasteiger partial charge in [-0.2, -0.15) is 0 Å². The molecular formula is C12H18N4O4S. The minimum Gasteiger partial charge on any atom is -0.288 e. The van der Waals surface area contributed by atoms with Crippen LogP contribution in [0.3, 0.4) is 0 Å². The second-order valence-corrected chi connectivity index (χ2v) is 5.27. The summed E-state index contributed by atoms with van der Waals surface area (Å²) in [6.45, 7) is 4.58. The van der Waals surface area contributed by atoms with E-state index in [1.807, 2.05) is 13.8 Å². The normalized spacial score (nSPS) is 13.7. The molecular weight excluding hydrogens is 296 g/mol. The van der Waals surface area contributed by atoms with Gasteiger partial charge in [-0.15, -0.1) is 0 Å². The highest BCUT2D eigenvalue weighted by atomic mass is 32.2. The Labute approximate surface area is 126 Å². The van der Waals surface area contributed by atoms with Crippen molar-refractivity contribution in [3.63, 3.8) is 0 Å². The van der Waals surface area contributed by atoms with Crippen LogP contribution in [0.25, 0.3) is 0 Å². The molecule has 0 aliphatic carbocycles. The number of hydrogen-bond acceptors (Lipinski definition) is 6. The number of hydrazine groups is 1. The molecule has 116 valence electrons. The third-order valence-corrected chi connectivity index (χ3v) is 3.42. The van der Waals surface area contributed by atoms with E-state index in [2.05, 4.69) is 16.2 Å². The third kappa shape index (κ3) is 5.20. The van der Waals surface area contributed by atoms with Crippen LogP contribution in [0.15, 0.2) is 11.0 Å². The number of nitrogens with one attached hydrogen (secondary N) is 3. The van der Waals surface area contributed by atoms with Gasteiger partial charge in [0.25, 0.3) is 11.8 Å². The zero-order valence-corrected chi connectivity index (χ0v) is 12.7. The SMILES string of the molecule is CCCNNC(=O)C(=O)N(CCC)SC1=CC(=O)NC1=O. The van der Waals surface area contributed by atoms with Crippen molar-refractivity contribution in [1.82, 2.24) is 20.5 Å². The van der Waals surface area contributed by atoms with E-state index in [1.165, 1.54) is 0 Å². The molecule has 0 aromatic carbocycles. The van der Waals surface area contributed by atoms with E-state index >= 15 is 0 Å². The summed E-state index contributed by atoms with van der Waals surface area (Å²) in [4.78, 5) is 46.3. The van der Waals surface area contributed by atoms with Crippen molar-refractivity contribution in [3.05, 3.63) is 11.0 Å². The van der Waals surface area contributed by atoms with Crippen LogP contribution in [-0.4, -0.2) is 41.0 Å². The Bertz CT molecular complexity index is 478. The number of hydrogen-bond donors (Lipinski definition) is 3. The lowest BCUT2D eigenvalue weighted by Crippen LogP contribution is -2.46. The number of carbonyl (C=O) groups is 4. The third-order valence-electron chi connectivity index (χ3n) is 2.36. The Morgan fingerprint density at radius 3 is 2.52 bits per heavy atom. The van der Waals surface area contributed by atoms with Crippen molar-refractivity contribution in [3.8, 4) is 0 Å². The number of imide groups is 1. The molecule has 0 bridgehead atoms. The van der Waals surface area contributed by atoms with Crippen LogP contribution < -0.4 is 16.2 Å². The molecule has 0 radical (unpaired) electrons. The van der Waals surface area contributed by atoms with Crippen LogP contribution in [0, 0.1) is 0 Å². The number of nitrogens with zero attached hydrogens (tertiary/aromatic N) is 1. The first-order chi connectivity index (χ1) is 9.99. The van der Waals surface area contributed by atoms with E-state index in [4.69, 9.17) is 0 Å². The molecule has 0 atom stereocenters. The van der Waals surface area contributed by atoms with Gasteiger partial charge in [-0.3, -0.25) is 34.2 Å². The molecule has 0 aromatic rings. The number of rotatable bonds is 7. The van der Waals surface area contributed by atoms with E-state index in [0.29, 0.717) is 13.0 Å². The number of carbonyl (C=O) groups excluding carboxylic acids is 4. The van der Waals surface area contributed by atoms with Crippen LogP contribution in [-0.2, 0) is 19.2 Å². The van der Waals surface area contributed by atoms with Gasteiger partial charge < -0.3 is 0 Å². The van der Waals surface area contributed by atoms with Crippen LogP contribution in [0.5, 0.6) is 0 Å². The highest BCUT2D eigenvalue weighted by Gasteiger charge is 2.28. The zero-order chi connectivity index (χ0) is 15.8. The maximum atomic E-state index is 12.0. The summed E-state index contributed by atoms with van der Waals surface area (Å²) in [5.74, 6) is -2.68. The summed E-state index contributed by atoms with van der Waals surface area (Å²) in [6.07, 6.45) is 2.52. The van der Waals surface area contributed by atoms with E-state index in [1.54, 1.807) is 0 Å². The lowest BCUT2D eigenvalue weighted by molar-refractivity contribution is -0.143. The van der Waals surface area contributed by atoms with Gasteiger partial charge in [-0.1, -0.05) is 13.8 Å². The lowest BCUT2D eigenvalue weighted by Gasteiger charge is -2.19. The van der Waals surface area contributed by atoms with Gasteiger partial charge >= 0.3 is 11.8 Å². The molecule has 21 heavy (non-hydrogen) atoms. The molecule has 1 rings (SSSR count). The maximum Gasteiger partial charge on any atom is 0.324 e. The Morgan fingerprint density at radius 2 is 2.00 bits per heavy atom.